The van der Waals surface area contributed by atoms with Gasteiger partial charge in [-0.15, -0.1) is 11.3 Å². The highest BCUT2D eigenvalue weighted by Gasteiger charge is 2.27. The van der Waals surface area contributed by atoms with Gasteiger partial charge in [0.1, 0.15) is 0 Å². The average Bonchev–Trinajstić information content (AvgIpc) is 3.19. The average molecular weight is 320 g/mol. The summed E-state index contributed by atoms with van der Waals surface area (Å²) in [6.07, 6.45) is 1.76. The number of hydrogen-bond donors (Lipinski definition) is 1. The van der Waals surface area contributed by atoms with E-state index in [0.717, 1.165) is 48.8 Å². The van der Waals surface area contributed by atoms with E-state index in [1.807, 2.05) is 17.5 Å². The number of piperidine rings is 1. The highest BCUT2D eigenvalue weighted by atomic mass is 32.1. The van der Waals surface area contributed by atoms with Crippen molar-refractivity contribution < 1.29 is 9.63 Å². The zero-order valence-electron chi connectivity index (χ0n) is 13.2. The number of aliphatic hydroxyl groups is 1. The Kier molecular flexibility index (Phi) is 4.96. The minimum Gasteiger partial charge on any atom is -0.387 e. The largest absolute Gasteiger partial charge is 0.387 e. The summed E-state index contributed by atoms with van der Waals surface area (Å²) in [5, 5.41) is 16.6. The molecule has 3 rings (SSSR count). The van der Waals surface area contributed by atoms with E-state index in [1.165, 1.54) is 0 Å². The normalized spacial score (nSPS) is 18.9. The molecule has 1 N–H and O–H groups in total. The van der Waals surface area contributed by atoms with E-state index in [9.17, 15) is 5.11 Å². The third kappa shape index (κ3) is 3.59. The summed E-state index contributed by atoms with van der Waals surface area (Å²) < 4.78 is 5.42. The summed E-state index contributed by atoms with van der Waals surface area (Å²) in [4.78, 5) is 3.48. The summed E-state index contributed by atoms with van der Waals surface area (Å²) in [5.74, 6) is 1.72. The molecule has 1 fully saturated rings. The molecular formula is C17H24N2O2S. The van der Waals surface area contributed by atoms with Crippen molar-refractivity contribution in [2.24, 2.45) is 5.92 Å². The van der Waals surface area contributed by atoms with Gasteiger partial charge in [0.25, 0.3) is 0 Å². The molecule has 0 saturated carbocycles. The number of aromatic nitrogens is 1. The molecule has 1 atom stereocenters. The fraction of sp³-hybridized carbons (Fsp3) is 0.588. The smallest absolute Gasteiger partial charge is 0.150 e. The van der Waals surface area contributed by atoms with E-state index in [4.69, 9.17) is 4.52 Å². The van der Waals surface area contributed by atoms with Crippen molar-refractivity contribution in [3.8, 4) is 0 Å². The van der Waals surface area contributed by atoms with Gasteiger partial charge >= 0.3 is 0 Å². The molecule has 0 bridgehead atoms. The van der Waals surface area contributed by atoms with Crippen LogP contribution in [0.3, 0.4) is 0 Å². The molecule has 0 radical (unpaired) electrons. The van der Waals surface area contributed by atoms with Crippen molar-refractivity contribution in [3.63, 3.8) is 0 Å². The molecule has 1 aliphatic heterocycles. The van der Waals surface area contributed by atoms with Crippen LogP contribution in [0.1, 0.15) is 55.0 Å². The summed E-state index contributed by atoms with van der Waals surface area (Å²) in [7, 11) is 0. The predicted molar refractivity (Wildman–Crippen MR) is 87.9 cm³/mol. The van der Waals surface area contributed by atoms with Crippen LogP contribution >= 0.6 is 11.3 Å². The molecule has 0 spiro atoms. The number of likely N-dealkylation sites (tertiary alicyclic amines) is 1. The minimum absolute atomic E-state index is 0.306. The highest BCUT2D eigenvalue weighted by molar-refractivity contribution is 7.10. The van der Waals surface area contributed by atoms with Crippen LogP contribution in [-0.4, -0.2) is 28.3 Å². The molecule has 2 aromatic rings. The lowest BCUT2D eigenvalue weighted by atomic mass is 9.90. The zero-order chi connectivity index (χ0) is 15.5. The van der Waals surface area contributed by atoms with Crippen LogP contribution in [0.5, 0.6) is 0 Å². The van der Waals surface area contributed by atoms with E-state index in [0.29, 0.717) is 11.8 Å². The summed E-state index contributed by atoms with van der Waals surface area (Å²) >= 11 is 1.65. The first kappa shape index (κ1) is 15.7. The van der Waals surface area contributed by atoms with Crippen LogP contribution in [-0.2, 0) is 6.54 Å². The number of nitrogens with zero attached hydrogens (tertiary/aromatic N) is 2. The van der Waals surface area contributed by atoms with Gasteiger partial charge in [0.05, 0.1) is 18.3 Å². The molecule has 1 aliphatic rings. The molecule has 1 saturated heterocycles. The van der Waals surface area contributed by atoms with Crippen molar-refractivity contribution in [1.29, 1.82) is 0 Å². The minimum atomic E-state index is -0.306. The lowest BCUT2D eigenvalue weighted by Crippen LogP contribution is -2.35. The number of thiophene rings is 1. The highest BCUT2D eigenvalue weighted by Crippen LogP contribution is 2.33. The number of rotatable bonds is 5. The molecule has 3 heterocycles. The van der Waals surface area contributed by atoms with Crippen molar-refractivity contribution in [1.82, 2.24) is 10.1 Å². The topological polar surface area (TPSA) is 49.5 Å². The van der Waals surface area contributed by atoms with Gasteiger partial charge in [0.2, 0.25) is 0 Å². The Bertz CT molecular complexity index is 571. The van der Waals surface area contributed by atoms with Gasteiger partial charge in [0.15, 0.2) is 5.76 Å². The second-order valence-corrected chi connectivity index (χ2v) is 7.43. The molecule has 0 aromatic carbocycles. The van der Waals surface area contributed by atoms with Crippen molar-refractivity contribution in [3.05, 3.63) is 39.9 Å². The van der Waals surface area contributed by atoms with Gasteiger partial charge in [-0.25, -0.2) is 0 Å². The Hall–Kier alpha value is -1.17. The molecule has 22 heavy (non-hydrogen) atoms. The van der Waals surface area contributed by atoms with Gasteiger partial charge in [-0.2, -0.15) is 0 Å². The molecule has 120 valence electrons. The molecule has 5 heteroatoms. The maximum atomic E-state index is 10.4. The van der Waals surface area contributed by atoms with Gasteiger partial charge in [-0.1, -0.05) is 25.1 Å². The Morgan fingerprint density at radius 1 is 1.41 bits per heavy atom. The van der Waals surface area contributed by atoms with Crippen LogP contribution in [0.25, 0.3) is 0 Å². The monoisotopic (exact) mass is 320 g/mol. The SMILES string of the molecule is CC(C)c1cc(CN2CCC([C@@H](O)c3cccs3)CC2)on1. The van der Waals surface area contributed by atoms with Crippen LogP contribution < -0.4 is 0 Å². The fourth-order valence-electron chi connectivity index (χ4n) is 3.01. The van der Waals surface area contributed by atoms with Crippen LogP contribution in [0, 0.1) is 5.92 Å². The summed E-state index contributed by atoms with van der Waals surface area (Å²) in [6, 6.07) is 6.11. The lowest BCUT2D eigenvalue weighted by molar-refractivity contribution is 0.0565. The van der Waals surface area contributed by atoms with E-state index < -0.39 is 0 Å². The third-order valence-electron chi connectivity index (χ3n) is 4.46. The predicted octanol–water partition coefficient (Wildman–Crippen LogP) is 3.81. The van der Waals surface area contributed by atoms with E-state index >= 15 is 0 Å². The van der Waals surface area contributed by atoms with E-state index in [1.54, 1.807) is 11.3 Å². The molecule has 2 aromatic heterocycles. The Morgan fingerprint density at radius 3 is 2.77 bits per heavy atom. The van der Waals surface area contributed by atoms with E-state index in [-0.39, 0.29) is 6.10 Å². The summed E-state index contributed by atoms with van der Waals surface area (Å²) in [5.41, 5.74) is 1.03. The molecular weight excluding hydrogens is 296 g/mol. The maximum absolute atomic E-state index is 10.4. The lowest BCUT2D eigenvalue weighted by Gasteiger charge is -2.33. The van der Waals surface area contributed by atoms with Crippen LogP contribution in [0.2, 0.25) is 0 Å². The van der Waals surface area contributed by atoms with Crippen LogP contribution in [0.4, 0.5) is 0 Å². The fourth-order valence-corrected chi connectivity index (χ4v) is 3.82. The molecule has 0 amide bonds. The molecule has 4 nitrogen and oxygen atoms in total. The van der Waals surface area contributed by atoms with Crippen molar-refractivity contribution in [2.75, 3.05) is 13.1 Å². The van der Waals surface area contributed by atoms with Gasteiger partial charge in [-0.05, 0) is 49.2 Å². The Labute approximate surface area is 135 Å². The summed E-state index contributed by atoms with van der Waals surface area (Å²) in [6.45, 7) is 7.08. The van der Waals surface area contributed by atoms with Gasteiger partial charge in [0, 0.05) is 10.9 Å². The first-order valence-corrected chi connectivity index (χ1v) is 8.90. The van der Waals surface area contributed by atoms with Crippen molar-refractivity contribution >= 4 is 11.3 Å². The van der Waals surface area contributed by atoms with Gasteiger partial charge < -0.3 is 9.63 Å². The zero-order valence-corrected chi connectivity index (χ0v) is 14.1. The maximum Gasteiger partial charge on any atom is 0.150 e. The third-order valence-corrected chi connectivity index (χ3v) is 5.40. The van der Waals surface area contributed by atoms with E-state index in [2.05, 4.69) is 30.0 Å². The standard InChI is InChI=1S/C17H24N2O2S/c1-12(2)15-10-14(21-18-15)11-19-7-5-13(6-8-19)17(20)16-4-3-9-22-16/h3-4,9-10,12-13,17,20H,5-8,11H2,1-2H3/t17-/m1/s1. The number of aliphatic hydroxyl groups excluding tert-OH is 1. The number of hydrogen-bond acceptors (Lipinski definition) is 5. The molecule has 0 aliphatic carbocycles. The van der Waals surface area contributed by atoms with Gasteiger partial charge in [-0.3, -0.25) is 4.90 Å². The van der Waals surface area contributed by atoms with Crippen molar-refractivity contribution in [2.45, 2.75) is 45.3 Å². The second-order valence-electron chi connectivity index (χ2n) is 6.45. The Balaban J connectivity index is 1.51. The Morgan fingerprint density at radius 2 is 2.18 bits per heavy atom. The van der Waals surface area contributed by atoms with Crippen LogP contribution in [0.15, 0.2) is 28.1 Å². The quantitative estimate of drug-likeness (QED) is 0.910. The second kappa shape index (κ2) is 6.94. The first-order valence-electron chi connectivity index (χ1n) is 8.03. The first-order chi connectivity index (χ1) is 10.6. The molecule has 0 unspecified atom stereocenters.